The van der Waals surface area contributed by atoms with E-state index >= 15 is 0 Å². The van der Waals surface area contributed by atoms with Gasteiger partial charge in [0, 0.05) is 16.3 Å². The zero-order chi connectivity index (χ0) is 25.9. The first-order valence-corrected chi connectivity index (χ1v) is 12.9. The van der Waals surface area contributed by atoms with Crippen molar-refractivity contribution in [2.45, 2.75) is 24.8 Å². The summed E-state index contributed by atoms with van der Waals surface area (Å²) in [6.07, 6.45) is 0. The molecule has 0 spiro atoms. The van der Waals surface area contributed by atoms with Crippen molar-refractivity contribution in [2.24, 2.45) is 5.92 Å². The first-order chi connectivity index (χ1) is 17.0. The van der Waals surface area contributed by atoms with E-state index in [0.29, 0.717) is 32.5 Å². The highest BCUT2D eigenvalue weighted by atomic mass is 32.2. The minimum absolute atomic E-state index is 0.126. The van der Waals surface area contributed by atoms with Crippen LogP contribution in [0.15, 0.2) is 51.8 Å². The second kappa shape index (κ2) is 8.57. The Labute approximate surface area is 206 Å². The van der Waals surface area contributed by atoms with Gasteiger partial charge in [-0.3, -0.25) is 4.79 Å². The second-order valence-corrected chi connectivity index (χ2v) is 11.2. The summed E-state index contributed by atoms with van der Waals surface area (Å²) in [5.41, 5.74) is 1.01. The highest BCUT2D eigenvalue weighted by Gasteiger charge is 2.28. The van der Waals surface area contributed by atoms with Crippen molar-refractivity contribution >= 4 is 59.5 Å². The average molecular weight is 535 g/mol. The van der Waals surface area contributed by atoms with E-state index in [9.17, 15) is 31.5 Å². The number of nitrogens with one attached hydrogen (secondary N) is 1. The normalized spacial score (nSPS) is 13.3. The van der Waals surface area contributed by atoms with Crippen LogP contribution in [-0.4, -0.2) is 30.5 Å². The highest BCUT2D eigenvalue weighted by Crippen LogP contribution is 2.37. The summed E-state index contributed by atoms with van der Waals surface area (Å²) < 4.78 is 75.2. The molecule has 1 atom stereocenters. The molecular weight excluding hydrogens is 517 g/mol. The van der Waals surface area contributed by atoms with Crippen LogP contribution in [0.2, 0.25) is 0 Å². The van der Waals surface area contributed by atoms with Gasteiger partial charge in [0.1, 0.15) is 27.7 Å². The molecule has 5 aromatic rings. The SMILES string of the molecule is CC(C)[C@@H](NS(=O)(=O)c1ccc2oc3cc(-c4nc5c(F)c(F)c(F)cc5s4)ccc3c2c1)C(=O)O. The largest absolute Gasteiger partial charge is 0.480 e. The molecular formula is C24H17F3N2O5S2. The van der Waals surface area contributed by atoms with Gasteiger partial charge >= 0.3 is 5.97 Å². The Kier molecular flexibility index (Phi) is 5.77. The summed E-state index contributed by atoms with van der Waals surface area (Å²) >= 11 is 0.984. The Morgan fingerprint density at radius 2 is 1.78 bits per heavy atom. The second-order valence-electron chi connectivity index (χ2n) is 8.50. The van der Waals surface area contributed by atoms with Gasteiger partial charge in [0.2, 0.25) is 10.0 Å². The minimum atomic E-state index is -4.14. The molecule has 3 aromatic carbocycles. The topological polar surface area (TPSA) is 110 Å². The Morgan fingerprint density at radius 3 is 2.47 bits per heavy atom. The molecule has 0 aliphatic rings. The van der Waals surface area contributed by atoms with Gasteiger partial charge in [-0.05, 0) is 42.3 Å². The number of hydrogen-bond donors (Lipinski definition) is 2. The first-order valence-electron chi connectivity index (χ1n) is 10.6. The number of aliphatic carboxylic acids is 1. The van der Waals surface area contributed by atoms with E-state index < -0.39 is 45.4 Å². The van der Waals surface area contributed by atoms with Gasteiger partial charge in [0.05, 0.1) is 9.60 Å². The molecule has 5 rings (SSSR count). The van der Waals surface area contributed by atoms with E-state index in [-0.39, 0.29) is 15.1 Å². The third kappa shape index (κ3) is 4.00. The van der Waals surface area contributed by atoms with Crippen LogP contribution >= 0.6 is 11.3 Å². The number of halogens is 3. The van der Waals surface area contributed by atoms with E-state index in [1.807, 2.05) is 0 Å². The van der Waals surface area contributed by atoms with Crippen molar-refractivity contribution in [1.29, 1.82) is 0 Å². The number of furan rings is 1. The molecule has 0 bridgehead atoms. The van der Waals surface area contributed by atoms with Crippen LogP contribution in [0.3, 0.4) is 0 Å². The summed E-state index contributed by atoms with van der Waals surface area (Å²) in [6.45, 7) is 3.19. The Balaban J connectivity index is 1.56. The molecule has 0 aliphatic heterocycles. The number of fused-ring (bicyclic) bond motifs is 4. The third-order valence-electron chi connectivity index (χ3n) is 5.74. The lowest BCUT2D eigenvalue weighted by molar-refractivity contribution is -0.140. The van der Waals surface area contributed by atoms with E-state index in [2.05, 4.69) is 9.71 Å². The maximum absolute atomic E-state index is 14.1. The number of carbonyl (C=O) groups is 1. The number of aromatic nitrogens is 1. The van der Waals surface area contributed by atoms with Crippen molar-refractivity contribution in [1.82, 2.24) is 9.71 Å². The molecule has 0 radical (unpaired) electrons. The number of benzene rings is 3. The molecule has 0 unspecified atom stereocenters. The van der Waals surface area contributed by atoms with E-state index in [0.717, 1.165) is 17.4 Å². The van der Waals surface area contributed by atoms with Crippen molar-refractivity contribution in [3.8, 4) is 10.6 Å². The molecule has 2 heterocycles. The summed E-state index contributed by atoms with van der Waals surface area (Å²) in [5.74, 6) is -6.00. The molecule has 0 saturated carbocycles. The highest BCUT2D eigenvalue weighted by molar-refractivity contribution is 7.89. The smallest absolute Gasteiger partial charge is 0.322 e. The summed E-state index contributed by atoms with van der Waals surface area (Å²) in [5, 5.41) is 10.7. The van der Waals surface area contributed by atoms with Crippen LogP contribution in [0.5, 0.6) is 0 Å². The number of carboxylic acids is 1. The molecule has 0 fully saturated rings. The lowest BCUT2D eigenvalue weighted by Crippen LogP contribution is -2.44. The molecule has 2 N–H and O–H groups in total. The van der Waals surface area contributed by atoms with Gasteiger partial charge in [-0.1, -0.05) is 19.9 Å². The predicted molar refractivity (Wildman–Crippen MR) is 129 cm³/mol. The summed E-state index contributed by atoms with van der Waals surface area (Å²) in [4.78, 5) is 15.4. The van der Waals surface area contributed by atoms with Crippen molar-refractivity contribution in [3.05, 3.63) is 59.9 Å². The fourth-order valence-corrected chi connectivity index (χ4v) is 6.21. The Hall–Kier alpha value is -3.48. The van der Waals surface area contributed by atoms with Crippen LogP contribution < -0.4 is 4.72 Å². The third-order valence-corrected chi connectivity index (χ3v) is 8.23. The van der Waals surface area contributed by atoms with Crippen molar-refractivity contribution in [3.63, 3.8) is 0 Å². The maximum atomic E-state index is 14.1. The first kappa shape index (κ1) is 24.2. The monoisotopic (exact) mass is 534 g/mol. The molecule has 36 heavy (non-hydrogen) atoms. The van der Waals surface area contributed by atoms with Gasteiger partial charge in [0.15, 0.2) is 17.5 Å². The fourth-order valence-electron chi connectivity index (χ4n) is 3.86. The summed E-state index contributed by atoms with van der Waals surface area (Å²) in [6, 6.07) is 8.69. The number of hydrogen-bond acceptors (Lipinski definition) is 6. The van der Waals surface area contributed by atoms with Crippen LogP contribution in [0.4, 0.5) is 13.2 Å². The molecule has 7 nitrogen and oxygen atoms in total. The van der Waals surface area contributed by atoms with Gasteiger partial charge in [0.25, 0.3) is 0 Å². The van der Waals surface area contributed by atoms with E-state index in [4.69, 9.17) is 4.42 Å². The maximum Gasteiger partial charge on any atom is 0.322 e. The van der Waals surface area contributed by atoms with Crippen LogP contribution in [-0.2, 0) is 14.8 Å². The lowest BCUT2D eigenvalue weighted by atomic mass is 10.1. The van der Waals surface area contributed by atoms with Crippen molar-refractivity contribution in [2.75, 3.05) is 0 Å². The van der Waals surface area contributed by atoms with E-state index in [1.54, 1.807) is 32.0 Å². The fraction of sp³-hybridized carbons (Fsp3) is 0.167. The van der Waals surface area contributed by atoms with Gasteiger partial charge in [-0.2, -0.15) is 4.72 Å². The summed E-state index contributed by atoms with van der Waals surface area (Å²) in [7, 11) is -4.14. The van der Waals surface area contributed by atoms with Gasteiger partial charge in [-0.25, -0.2) is 26.6 Å². The molecule has 0 saturated heterocycles. The molecule has 186 valence electrons. The minimum Gasteiger partial charge on any atom is -0.480 e. The standard InChI is InChI=1S/C24H17F3N2O5S2/c1-10(2)21(24(30)31)29-36(32,33)12-4-6-16-14(8-12)13-5-3-11(7-17(13)34-16)23-28-22-18(35-23)9-15(25)19(26)20(22)27/h3-10,21,29H,1-2H3,(H,30,31)/t21-/m1/s1. The van der Waals surface area contributed by atoms with Crippen LogP contribution in [0.1, 0.15) is 13.8 Å². The van der Waals surface area contributed by atoms with Crippen molar-refractivity contribution < 1.29 is 35.9 Å². The number of rotatable bonds is 6. The average Bonchev–Trinajstić information content (AvgIpc) is 3.41. The number of sulfonamides is 1. The molecule has 2 aromatic heterocycles. The van der Waals surface area contributed by atoms with Crippen LogP contribution in [0.25, 0.3) is 42.7 Å². The zero-order valence-electron chi connectivity index (χ0n) is 18.7. The Morgan fingerprint density at radius 1 is 1.03 bits per heavy atom. The number of thiazole rings is 1. The zero-order valence-corrected chi connectivity index (χ0v) is 20.3. The molecule has 0 amide bonds. The molecule has 0 aliphatic carbocycles. The number of nitrogens with zero attached hydrogens (tertiary/aromatic N) is 1. The predicted octanol–water partition coefficient (Wildman–Crippen LogP) is 5.67. The molecule has 12 heteroatoms. The Bertz CT molecular complexity index is 1790. The van der Waals surface area contributed by atoms with Crippen LogP contribution in [0, 0.1) is 23.4 Å². The van der Waals surface area contributed by atoms with Gasteiger partial charge in [-0.15, -0.1) is 11.3 Å². The van der Waals surface area contributed by atoms with E-state index in [1.165, 1.54) is 18.2 Å². The quantitative estimate of drug-likeness (QED) is 0.272. The number of carboxylic acid groups (broad SMARTS) is 1. The lowest BCUT2D eigenvalue weighted by Gasteiger charge is -2.17. The van der Waals surface area contributed by atoms with Gasteiger partial charge < -0.3 is 9.52 Å².